The fourth-order valence-electron chi connectivity index (χ4n) is 5.40. The van der Waals surface area contributed by atoms with Gasteiger partial charge in [0, 0.05) is 23.9 Å². The second-order valence-corrected chi connectivity index (χ2v) is 10.9. The second kappa shape index (κ2) is 11.3. The fraction of sp³-hybridized carbons (Fsp3) is 0.483. The molecular formula is C29H38N8. The molecule has 0 amide bonds. The van der Waals surface area contributed by atoms with Crippen molar-refractivity contribution in [2.24, 2.45) is 17.6 Å². The summed E-state index contributed by atoms with van der Waals surface area (Å²) in [6.07, 6.45) is 6.58. The molecule has 4 aromatic rings. The van der Waals surface area contributed by atoms with Crippen LogP contribution in [0.1, 0.15) is 76.0 Å². The molecule has 0 saturated heterocycles. The average molecular weight is 499 g/mol. The van der Waals surface area contributed by atoms with E-state index in [0.717, 1.165) is 54.0 Å². The summed E-state index contributed by atoms with van der Waals surface area (Å²) in [6, 6.07) is 17.2. The summed E-state index contributed by atoms with van der Waals surface area (Å²) in [5, 5.41) is 19.6. The number of nitrogens with two attached hydrogens (primary N) is 1. The molecule has 0 radical (unpaired) electrons. The van der Waals surface area contributed by atoms with Crippen LogP contribution in [0, 0.1) is 11.8 Å². The molecule has 1 unspecified atom stereocenters. The summed E-state index contributed by atoms with van der Waals surface area (Å²) in [4.78, 5) is 5.08. The third-order valence-electron chi connectivity index (χ3n) is 7.73. The summed E-state index contributed by atoms with van der Waals surface area (Å²) in [5.74, 6) is 4.30. The summed E-state index contributed by atoms with van der Waals surface area (Å²) in [7, 11) is 0. The van der Waals surface area contributed by atoms with Crippen LogP contribution in [-0.2, 0) is 13.0 Å². The first-order chi connectivity index (χ1) is 18.0. The average Bonchev–Trinajstić information content (AvgIpc) is 3.59. The maximum Gasteiger partial charge on any atom is 0.205 e. The molecule has 8 nitrogen and oxygen atoms in total. The maximum absolute atomic E-state index is 6.19. The van der Waals surface area contributed by atoms with Gasteiger partial charge in [0.15, 0.2) is 5.82 Å². The summed E-state index contributed by atoms with van der Waals surface area (Å²) in [6.45, 7) is 7.55. The number of nitrogens with one attached hydrogen (secondary N) is 1. The van der Waals surface area contributed by atoms with Crippen molar-refractivity contribution in [2.45, 2.75) is 77.8 Å². The standard InChI is InChI=1S/C29H38N8/c1-19(2)8-17-27-31-29(20(3)22-13-15-24(30)16-14-22)37(34-27)18-21-9-11-23(12-10-21)25-6-4-5-7-26(25)28-32-35-36-33-28/h4-7,9-12,19-20,22,24H,8,13-18,30H2,1-3H3,(H,32,33,35,36). The van der Waals surface area contributed by atoms with Crippen LogP contribution >= 0.6 is 0 Å². The molecule has 0 spiro atoms. The smallest absolute Gasteiger partial charge is 0.205 e. The van der Waals surface area contributed by atoms with Crippen molar-refractivity contribution < 1.29 is 0 Å². The monoisotopic (exact) mass is 498 g/mol. The Balaban J connectivity index is 1.38. The normalized spacial score (nSPS) is 18.8. The van der Waals surface area contributed by atoms with Gasteiger partial charge in [-0.25, -0.2) is 9.67 Å². The number of nitrogens with zero attached hydrogens (tertiary/aromatic N) is 6. The van der Waals surface area contributed by atoms with Crippen molar-refractivity contribution in [3.63, 3.8) is 0 Å². The Morgan fingerprint density at radius 2 is 1.70 bits per heavy atom. The number of rotatable bonds is 9. The minimum atomic E-state index is 0.353. The Bertz CT molecular complexity index is 1270. The highest BCUT2D eigenvalue weighted by molar-refractivity contribution is 5.80. The number of tetrazole rings is 1. The summed E-state index contributed by atoms with van der Waals surface area (Å²) >= 11 is 0. The molecule has 2 aromatic carbocycles. The predicted octanol–water partition coefficient (Wildman–Crippen LogP) is 5.38. The van der Waals surface area contributed by atoms with Crippen molar-refractivity contribution in [1.82, 2.24) is 35.4 Å². The van der Waals surface area contributed by atoms with Crippen LogP contribution in [0.5, 0.6) is 0 Å². The number of aromatic nitrogens is 7. The molecule has 3 N–H and O–H groups in total. The topological polar surface area (TPSA) is 111 Å². The van der Waals surface area contributed by atoms with Gasteiger partial charge >= 0.3 is 0 Å². The van der Waals surface area contributed by atoms with Crippen LogP contribution < -0.4 is 5.73 Å². The zero-order chi connectivity index (χ0) is 25.8. The summed E-state index contributed by atoms with van der Waals surface area (Å²) in [5.41, 5.74) is 10.6. The van der Waals surface area contributed by atoms with E-state index in [0.29, 0.717) is 36.2 Å². The SMILES string of the molecule is CC(C)CCc1nc(C(C)C2CCC(N)CC2)n(Cc2ccc(-c3ccccc3-c3nn[nH]n3)cc2)n1. The Morgan fingerprint density at radius 1 is 0.973 bits per heavy atom. The van der Waals surface area contributed by atoms with Crippen molar-refractivity contribution in [1.29, 1.82) is 0 Å². The lowest BCUT2D eigenvalue weighted by Gasteiger charge is -2.30. The summed E-state index contributed by atoms with van der Waals surface area (Å²) < 4.78 is 2.15. The lowest BCUT2D eigenvalue weighted by molar-refractivity contribution is 0.281. The van der Waals surface area contributed by atoms with E-state index < -0.39 is 0 Å². The van der Waals surface area contributed by atoms with Crippen molar-refractivity contribution in [2.75, 3.05) is 0 Å². The molecule has 2 aromatic heterocycles. The van der Waals surface area contributed by atoms with Gasteiger partial charge in [-0.3, -0.25) is 0 Å². The zero-order valence-electron chi connectivity index (χ0n) is 22.1. The van der Waals surface area contributed by atoms with Gasteiger partial charge in [-0.15, -0.1) is 10.2 Å². The first kappa shape index (κ1) is 25.3. The minimum absolute atomic E-state index is 0.353. The molecule has 1 aliphatic carbocycles. The highest BCUT2D eigenvalue weighted by atomic mass is 15.5. The number of hydrogen-bond donors (Lipinski definition) is 2. The van der Waals surface area contributed by atoms with Gasteiger partial charge in [-0.2, -0.15) is 10.3 Å². The molecule has 0 bridgehead atoms. The van der Waals surface area contributed by atoms with Crippen molar-refractivity contribution in [3.8, 4) is 22.5 Å². The third kappa shape index (κ3) is 5.96. The Labute approximate surface area is 219 Å². The Hall–Kier alpha value is -3.39. The Morgan fingerprint density at radius 3 is 2.38 bits per heavy atom. The van der Waals surface area contributed by atoms with Crippen LogP contribution in [0.15, 0.2) is 48.5 Å². The molecule has 1 aliphatic rings. The van der Waals surface area contributed by atoms with E-state index in [1.807, 2.05) is 18.2 Å². The number of hydrogen-bond acceptors (Lipinski definition) is 6. The zero-order valence-corrected chi connectivity index (χ0v) is 22.1. The van der Waals surface area contributed by atoms with Crippen LogP contribution in [0.25, 0.3) is 22.5 Å². The third-order valence-corrected chi connectivity index (χ3v) is 7.73. The molecule has 1 atom stereocenters. The largest absolute Gasteiger partial charge is 0.328 e. The number of aromatic amines is 1. The van der Waals surface area contributed by atoms with Crippen molar-refractivity contribution >= 4 is 0 Å². The lowest BCUT2D eigenvalue weighted by Crippen LogP contribution is -2.29. The van der Waals surface area contributed by atoms with Gasteiger partial charge in [0.1, 0.15) is 5.82 Å². The molecule has 2 heterocycles. The van der Waals surface area contributed by atoms with Crippen LogP contribution in [-0.4, -0.2) is 41.4 Å². The highest BCUT2D eigenvalue weighted by Gasteiger charge is 2.28. The molecule has 8 heteroatoms. The molecule has 5 rings (SSSR count). The lowest BCUT2D eigenvalue weighted by atomic mass is 9.79. The number of aryl methyl sites for hydroxylation is 1. The van der Waals surface area contributed by atoms with Crippen LogP contribution in [0.2, 0.25) is 0 Å². The van der Waals surface area contributed by atoms with E-state index in [9.17, 15) is 0 Å². The number of benzene rings is 2. The Kier molecular flexibility index (Phi) is 7.74. The van der Waals surface area contributed by atoms with E-state index in [2.05, 4.69) is 76.4 Å². The molecule has 1 fully saturated rings. The molecule has 37 heavy (non-hydrogen) atoms. The highest BCUT2D eigenvalue weighted by Crippen LogP contribution is 2.35. The maximum atomic E-state index is 6.19. The van der Waals surface area contributed by atoms with E-state index in [4.69, 9.17) is 15.8 Å². The predicted molar refractivity (Wildman–Crippen MR) is 146 cm³/mol. The van der Waals surface area contributed by atoms with E-state index in [1.54, 1.807) is 0 Å². The van der Waals surface area contributed by atoms with Gasteiger partial charge in [-0.1, -0.05) is 69.3 Å². The minimum Gasteiger partial charge on any atom is -0.328 e. The number of H-pyrrole nitrogens is 1. The first-order valence-electron chi connectivity index (χ1n) is 13.6. The van der Waals surface area contributed by atoms with Crippen LogP contribution in [0.4, 0.5) is 0 Å². The van der Waals surface area contributed by atoms with Gasteiger partial charge in [0.25, 0.3) is 0 Å². The first-order valence-corrected chi connectivity index (χ1v) is 13.6. The van der Waals surface area contributed by atoms with Gasteiger partial charge in [0.2, 0.25) is 5.82 Å². The quantitative estimate of drug-likeness (QED) is 0.320. The fourth-order valence-corrected chi connectivity index (χ4v) is 5.40. The molecule has 194 valence electrons. The van der Waals surface area contributed by atoms with Crippen LogP contribution in [0.3, 0.4) is 0 Å². The van der Waals surface area contributed by atoms with Gasteiger partial charge in [-0.05, 0) is 65.8 Å². The molecule has 0 aliphatic heterocycles. The second-order valence-electron chi connectivity index (χ2n) is 10.9. The van der Waals surface area contributed by atoms with Gasteiger partial charge < -0.3 is 5.73 Å². The van der Waals surface area contributed by atoms with E-state index >= 15 is 0 Å². The van der Waals surface area contributed by atoms with E-state index in [-0.39, 0.29) is 0 Å². The van der Waals surface area contributed by atoms with Crippen molar-refractivity contribution in [3.05, 3.63) is 65.7 Å². The molecular weight excluding hydrogens is 460 g/mol. The molecule has 1 saturated carbocycles. The van der Waals surface area contributed by atoms with Gasteiger partial charge in [0.05, 0.1) is 6.54 Å². The van der Waals surface area contributed by atoms with E-state index in [1.165, 1.54) is 18.4 Å².